The Morgan fingerprint density at radius 1 is 1.05 bits per heavy atom. The number of benzene rings is 1. The number of aliphatic carboxylic acids is 1. The number of nitrogens with zero attached hydrogens (tertiary/aromatic N) is 2. The number of hydrogen-bond acceptors (Lipinski definition) is 5. The molecule has 2 atom stereocenters. The van der Waals surface area contributed by atoms with Crippen LogP contribution < -0.4 is 5.32 Å². The molecule has 37 heavy (non-hydrogen) atoms. The fourth-order valence-electron chi connectivity index (χ4n) is 5.88. The van der Waals surface area contributed by atoms with Crippen molar-refractivity contribution < 1.29 is 19.1 Å². The predicted molar refractivity (Wildman–Crippen MR) is 148 cm³/mol. The first-order valence-electron chi connectivity index (χ1n) is 13.5. The molecular formula is C28H38FN3O3S2. The van der Waals surface area contributed by atoms with E-state index in [2.05, 4.69) is 22.1 Å². The number of aromatic nitrogens is 1. The van der Waals surface area contributed by atoms with Gasteiger partial charge >= 0.3 is 12.0 Å². The van der Waals surface area contributed by atoms with Crippen molar-refractivity contribution in [3.05, 3.63) is 41.8 Å². The second kappa shape index (κ2) is 13.6. The number of urea groups is 1. The van der Waals surface area contributed by atoms with E-state index < -0.39 is 5.97 Å². The molecule has 1 aromatic carbocycles. The topological polar surface area (TPSA) is 82.5 Å². The lowest BCUT2D eigenvalue weighted by molar-refractivity contribution is -0.133. The fraction of sp³-hybridized carbons (Fsp3) is 0.607. The molecule has 6 nitrogen and oxygen atoms in total. The van der Waals surface area contributed by atoms with Gasteiger partial charge in [-0.3, -0.25) is 10.1 Å². The molecule has 2 saturated carbocycles. The molecule has 0 bridgehead atoms. The smallest absolute Gasteiger partial charge is 0.324 e. The van der Waals surface area contributed by atoms with Gasteiger partial charge in [0.2, 0.25) is 0 Å². The zero-order chi connectivity index (χ0) is 26.2. The summed E-state index contributed by atoms with van der Waals surface area (Å²) in [6.45, 7) is 2.29. The molecule has 4 rings (SSSR count). The summed E-state index contributed by atoms with van der Waals surface area (Å²) >= 11 is 2.53. The third-order valence-corrected chi connectivity index (χ3v) is 9.91. The van der Waals surface area contributed by atoms with Gasteiger partial charge in [0.05, 0.1) is 16.2 Å². The van der Waals surface area contributed by atoms with Gasteiger partial charge in [-0.05, 0) is 74.8 Å². The predicted octanol–water partition coefficient (Wildman–Crippen LogP) is 7.77. The van der Waals surface area contributed by atoms with Crippen molar-refractivity contribution >= 4 is 40.2 Å². The van der Waals surface area contributed by atoms with Crippen molar-refractivity contribution in [2.75, 3.05) is 11.1 Å². The summed E-state index contributed by atoms with van der Waals surface area (Å²) in [6, 6.07) is 7.43. The highest BCUT2D eigenvalue weighted by Gasteiger charge is 2.34. The van der Waals surface area contributed by atoms with Crippen LogP contribution in [0.4, 0.5) is 14.3 Å². The van der Waals surface area contributed by atoms with E-state index in [1.54, 1.807) is 18.3 Å². The molecule has 0 aliphatic heterocycles. The first kappa shape index (κ1) is 27.9. The average molecular weight is 548 g/mol. The molecule has 2 aliphatic rings. The minimum Gasteiger partial charge on any atom is -0.481 e. The molecule has 1 heterocycles. The molecule has 9 heteroatoms. The number of hydrogen-bond donors (Lipinski definition) is 2. The SMILES string of the molecule is CC1CCC(N(C(=O)Nc2ncc(SCC(=O)O)s2)C2CCCCC(c3ccccc3F)CCC2)CC1. The molecule has 2 unspecified atom stereocenters. The van der Waals surface area contributed by atoms with Gasteiger partial charge < -0.3 is 10.0 Å². The molecule has 2 fully saturated rings. The van der Waals surface area contributed by atoms with Crippen LogP contribution >= 0.6 is 23.1 Å². The molecule has 0 radical (unpaired) electrons. The number of carboxylic acids is 1. The van der Waals surface area contributed by atoms with E-state index in [1.165, 1.54) is 23.1 Å². The third-order valence-electron chi connectivity index (χ3n) is 7.82. The molecule has 2 aromatic rings. The average Bonchev–Trinajstić information content (AvgIpc) is 3.36. The van der Waals surface area contributed by atoms with Crippen molar-refractivity contribution in [3.63, 3.8) is 0 Å². The standard InChI is InChI=1S/C28H38FN3O3S2/c1-19-13-15-22(16-14-19)32(28(35)31-27-30-17-26(37-27)36-18-25(33)34)21-9-3-2-7-20(8-6-10-21)23-11-4-5-12-24(23)29/h4-5,11-12,17,19-22H,2-3,6-10,13-16,18H2,1H3,(H,33,34)(H,30,31,35). The zero-order valence-electron chi connectivity index (χ0n) is 21.5. The zero-order valence-corrected chi connectivity index (χ0v) is 23.2. The van der Waals surface area contributed by atoms with E-state index in [-0.39, 0.29) is 35.6 Å². The first-order valence-corrected chi connectivity index (χ1v) is 15.3. The number of amides is 2. The normalized spacial score (nSPS) is 24.9. The lowest BCUT2D eigenvalue weighted by Gasteiger charge is -2.41. The summed E-state index contributed by atoms with van der Waals surface area (Å²) in [7, 11) is 0. The van der Waals surface area contributed by atoms with Gasteiger partial charge in [-0.25, -0.2) is 14.2 Å². The molecule has 202 valence electrons. The summed E-state index contributed by atoms with van der Waals surface area (Å²) < 4.78 is 15.3. The van der Waals surface area contributed by atoms with Crippen LogP contribution in [0.5, 0.6) is 0 Å². The molecule has 0 spiro atoms. The van der Waals surface area contributed by atoms with Gasteiger partial charge in [0.15, 0.2) is 5.13 Å². The van der Waals surface area contributed by atoms with E-state index in [4.69, 9.17) is 5.11 Å². The van der Waals surface area contributed by atoms with Crippen LogP contribution in [-0.4, -0.2) is 44.8 Å². The van der Waals surface area contributed by atoms with Gasteiger partial charge in [0.25, 0.3) is 0 Å². The number of thioether (sulfide) groups is 1. The fourth-order valence-corrected chi connectivity index (χ4v) is 7.46. The summed E-state index contributed by atoms with van der Waals surface area (Å²) in [5.74, 6) is -0.0901. The molecular weight excluding hydrogens is 509 g/mol. The molecule has 2 amide bonds. The van der Waals surface area contributed by atoms with Gasteiger partial charge in [-0.15, -0.1) is 11.8 Å². The van der Waals surface area contributed by atoms with Crippen LogP contribution in [0, 0.1) is 11.7 Å². The minimum atomic E-state index is -0.876. The summed E-state index contributed by atoms with van der Waals surface area (Å²) in [4.78, 5) is 31.0. The highest BCUT2D eigenvalue weighted by Crippen LogP contribution is 2.36. The Morgan fingerprint density at radius 3 is 2.49 bits per heavy atom. The van der Waals surface area contributed by atoms with Crippen molar-refractivity contribution in [2.24, 2.45) is 5.92 Å². The molecule has 1 aromatic heterocycles. The van der Waals surface area contributed by atoms with Crippen molar-refractivity contribution in [3.8, 4) is 0 Å². The largest absolute Gasteiger partial charge is 0.481 e. The number of nitrogens with one attached hydrogen (secondary N) is 1. The number of thiazole rings is 1. The van der Waals surface area contributed by atoms with Crippen LogP contribution in [0.25, 0.3) is 0 Å². The Morgan fingerprint density at radius 2 is 1.73 bits per heavy atom. The number of anilines is 1. The van der Waals surface area contributed by atoms with Crippen LogP contribution in [0.3, 0.4) is 0 Å². The number of carboxylic acid groups (broad SMARTS) is 1. The quantitative estimate of drug-likeness (QED) is 0.346. The van der Waals surface area contributed by atoms with Crippen molar-refractivity contribution in [1.82, 2.24) is 9.88 Å². The Labute approximate surface area is 227 Å². The van der Waals surface area contributed by atoms with E-state index in [9.17, 15) is 14.0 Å². The Bertz CT molecular complexity index is 1040. The lowest BCUT2D eigenvalue weighted by atomic mass is 9.85. The summed E-state index contributed by atoms with van der Waals surface area (Å²) in [5, 5.41) is 12.5. The maximum atomic E-state index is 14.5. The van der Waals surface area contributed by atoms with Crippen LogP contribution in [0.15, 0.2) is 34.7 Å². The molecule has 2 aliphatic carbocycles. The number of halogens is 1. The van der Waals surface area contributed by atoms with Gasteiger partial charge in [0, 0.05) is 12.1 Å². The van der Waals surface area contributed by atoms with Crippen molar-refractivity contribution in [1.29, 1.82) is 0 Å². The van der Waals surface area contributed by atoms with E-state index in [0.717, 1.165) is 80.4 Å². The Balaban J connectivity index is 1.46. The maximum absolute atomic E-state index is 14.5. The number of carbonyl (C=O) groups excluding carboxylic acids is 1. The van der Waals surface area contributed by atoms with Crippen LogP contribution in [0.2, 0.25) is 0 Å². The van der Waals surface area contributed by atoms with E-state index >= 15 is 0 Å². The van der Waals surface area contributed by atoms with Crippen LogP contribution in [-0.2, 0) is 4.79 Å². The molecule has 2 N–H and O–H groups in total. The van der Waals surface area contributed by atoms with Gasteiger partial charge in [-0.2, -0.15) is 0 Å². The number of carbonyl (C=O) groups is 2. The molecule has 0 saturated heterocycles. The summed E-state index contributed by atoms with van der Waals surface area (Å²) in [6.07, 6.45) is 12.7. The first-order chi connectivity index (χ1) is 17.9. The maximum Gasteiger partial charge on any atom is 0.324 e. The highest BCUT2D eigenvalue weighted by molar-refractivity contribution is 8.01. The van der Waals surface area contributed by atoms with E-state index in [1.807, 2.05) is 12.1 Å². The summed E-state index contributed by atoms with van der Waals surface area (Å²) in [5.41, 5.74) is 0.831. The van der Waals surface area contributed by atoms with Gasteiger partial charge in [0.1, 0.15) is 5.82 Å². The van der Waals surface area contributed by atoms with Crippen LogP contribution in [0.1, 0.15) is 89.0 Å². The third kappa shape index (κ3) is 7.93. The lowest BCUT2D eigenvalue weighted by Crippen LogP contribution is -2.50. The van der Waals surface area contributed by atoms with Crippen molar-refractivity contribution in [2.45, 2.75) is 99.8 Å². The number of rotatable bonds is 7. The Kier molecular flexibility index (Phi) is 10.3. The second-order valence-corrected chi connectivity index (χ2v) is 12.8. The monoisotopic (exact) mass is 547 g/mol. The van der Waals surface area contributed by atoms with E-state index in [0.29, 0.717) is 11.0 Å². The minimum absolute atomic E-state index is 0.0298. The Hall–Kier alpha value is -2.13. The highest BCUT2D eigenvalue weighted by atomic mass is 32.2. The second-order valence-electron chi connectivity index (χ2n) is 10.5. The van der Waals surface area contributed by atoms with Gasteiger partial charge in [-0.1, -0.05) is 55.7 Å².